The summed E-state index contributed by atoms with van der Waals surface area (Å²) in [7, 11) is 1.64. The van der Waals surface area contributed by atoms with E-state index in [0.717, 1.165) is 68.4 Å². The number of aliphatic hydroxyl groups is 1. The van der Waals surface area contributed by atoms with Gasteiger partial charge in [0.15, 0.2) is 11.5 Å². The van der Waals surface area contributed by atoms with Crippen LogP contribution in [0.2, 0.25) is 5.02 Å². The van der Waals surface area contributed by atoms with Gasteiger partial charge >= 0.3 is 0 Å². The summed E-state index contributed by atoms with van der Waals surface area (Å²) in [5.74, 6) is 1.97. The molecule has 2 heterocycles. The summed E-state index contributed by atoms with van der Waals surface area (Å²) in [6, 6.07) is 11.7. The molecule has 1 saturated heterocycles. The first-order valence-electron chi connectivity index (χ1n) is 14.4. The van der Waals surface area contributed by atoms with Gasteiger partial charge in [0.1, 0.15) is 0 Å². The van der Waals surface area contributed by atoms with Gasteiger partial charge in [0.25, 0.3) is 0 Å². The zero-order valence-electron chi connectivity index (χ0n) is 23.6. The van der Waals surface area contributed by atoms with Crippen molar-refractivity contribution in [2.45, 2.75) is 89.5 Å². The molecule has 2 aromatic rings. The first-order chi connectivity index (χ1) is 18.7. The lowest BCUT2D eigenvalue weighted by molar-refractivity contribution is -0.139. The van der Waals surface area contributed by atoms with Crippen LogP contribution >= 0.6 is 11.6 Å². The number of hydrogen-bond acceptors (Lipinski definition) is 5. The third-order valence-electron chi connectivity index (χ3n) is 9.14. The van der Waals surface area contributed by atoms with Crippen LogP contribution in [-0.4, -0.2) is 54.0 Å². The van der Waals surface area contributed by atoms with Crippen molar-refractivity contribution in [2.75, 3.05) is 20.3 Å². The fourth-order valence-electron chi connectivity index (χ4n) is 7.03. The number of nitrogens with zero attached hydrogens (tertiary/aromatic N) is 1. The van der Waals surface area contributed by atoms with Gasteiger partial charge in [-0.2, -0.15) is 0 Å². The van der Waals surface area contributed by atoms with E-state index in [9.17, 15) is 9.90 Å². The molecular formula is C32H42ClNO5. The summed E-state index contributed by atoms with van der Waals surface area (Å²) in [5.41, 5.74) is 2.37. The topological polar surface area (TPSA) is 68.2 Å². The maximum absolute atomic E-state index is 13.9. The van der Waals surface area contributed by atoms with Crippen LogP contribution in [0.15, 0.2) is 36.4 Å². The summed E-state index contributed by atoms with van der Waals surface area (Å²) in [5, 5.41) is 12.2. The molecule has 0 aromatic heterocycles. The van der Waals surface area contributed by atoms with Gasteiger partial charge in [-0.25, -0.2) is 0 Å². The van der Waals surface area contributed by atoms with Crippen molar-refractivity contribution in [1.29, 1.82) is 0 Å². The number of amides is 1. The van der Waals surface area contributed by atoms with Gasteiger partial charge in [0, 0.05) is 24.3 Å². The number of ether oxygens (including phenoxy) is 3. The van der Waals surface area contributed by atoms with E-state index in [0.29, 0.717) is 22.9 Å². The van der Waals surface area contributed by atoms with Crippen LogP contribution in [0.1, 0.15) is 82.0 Å². The highest BCUT2D eigenvalue weighted by atomic mass is 35.5. The predicted molar refractivity (Wildman–Crippen MR) is 153 cm³/mol. The highest BCUT2D eigenvalue weighted by Crippen LogP contribution is 2.47. The van der Waals surface area contributed by atoms with Crippen molar-refractivity contribution >= 4 is 17.5 Å². The molecular weight excluding hydrogens is 514 g/mol. The highest BCUT2D eigenvalue weighted by molar-refractivity contribution is 6.30. The van der Waals surface area contributed by atoms with Gasteiger partial charge in [-0.05, 0) is 112 Å². The molecule has 7 heteroatoms. The molecule has 2 atom stereocenters. The molecule has 2 aromatic carbocycles. The predicted octanol–water partition coefficient (Wildman–Crippen LogP) is 6.35. The molecule has 2 aliphatic heterocycles. The van der Waals surface area contributed by atoms with E-state index < -0.39 is 5.60 Å². The summed E-state index contributed by atoms with van der Waals surface area (Å²) in [4.78, 5) is 16.0. The Bertz CT molecular complexity index is 1150. The molecule has 39 heavy (non-hydrogen) atoms. The molecule has 5 rings (SSSR count). The molecule has 0 bridgehead atoms. The molecule has 1 unspecified atom stereocenters. The van der Waals surface area contributed by atoms with Gasteiger partial charge in [-0.15, -0.1) is 0 Å². The minimum Gasteiger partial charge on any atom is -0.493 e. The highest BCUT2D eigenvalue weighted by Gasteiger charge is 2.45. The van der Waals surface area contributed by atoms with Crippen LogP contribution in [0, 0.1) is 11.8 Å². The Labute approximate surface area is 237 Å². The number of halogens is 1. The molecule has 1 saturated carbocycles. The first kappa shape index (κ1) is 28.3. The number of rotatable bonds is 7. The fourth-order valence-corrected chi connectivity index (χ4v) is 7.16. The average Bonchev–Trinajstić information content (AvgIpc) is 2.93. The molecule has 1 amide bonds. The van der Waals surface area contributed by atoms with E-state index in [2.05, 4.69) is 11.0 Å². The monoisotopic (exact) mass is 555 g/mol. The normalized spacial score (nSPS) is 25.8. The van der Waals surface area contributed by atoms with Crippen molar-refractivity contribution in [1.82, 2.24) is 4.90 Å². The minimum atomic E-state index is -0.706. The molecule has 6 nitrogen and oxygen atoms in total. The Morgan fingerprint density at radius 3 is 2.26 bits per heavy atom. The molecule has 1 aliphatic carbocycles. The summed E-state index contributed by atoms with van der Waals surface area (Å²) < 4.78 is 17.3. The Morgan fingerprint density at radius 2 is 1.64 bits per heavy atom. The number of fused-ring (bicyclic) bond motifs is 1. The number of carbonyl (C=O) groups is 1. The maximum atomic E-state index is 13.9. The second-order valence-corrected chi connectivity index (χ2v) is 12.4. The summed E-state index contributed by atoms with van der Waals surface area (Å²) in [6.45, 7) is 7.48. The number of hydrogen-bond donors (Lipinski definition) is 1. The van der Waals surface area contributed by atoms with Crippen molar-refractivity contribution in [3.05, 3.63) is 58.1 Å². The molecule has 2 fully saturated rings. The van der Waals surface area contributed by atoms with Crippen LogP contribution in [-0.2, 0) is 16.0 Å². The van der Waals surface area contributed by atoms with Gasteiger partial charge in [-0.3, -0.25) is 4.79 Å². The first-order valence-corrected chi connectivity index (χ1v) is 14.8. The Morgan fingerprint density at radius 1 is 1.00 bits per heavy atom. The zero-order valence-corrected chi connectivity index (χ0v) is 24.4. The SMILES string of the molecule is COc1cc2c(cc1OC(C)C)[C@H](c1ccc(Cl)cc1)N(C1CCC(C(C)(O)C3CCOCC3)CC1)C(=O)C2. The lowest BCUT2D eigenvalue weighted by Crippen LogP contribution is -2.51. The number of benzene rings is 2. The van der Waals surface area contributed by atoms with Crippen LogP contribution in [0.3, 0.4) is 0 Å². The van der Waals surface area contributed by atoms with Crippen LogP contribution < -0.4 is 9.47 Å². The Balaban J connectivity index is 1.46. The summed E-state index contributed by atoms with van der Waals surface area (Å²) >= 11 is 6.26. The van der Waals surface area contributed by atoms with E-state index in [1.54, 1.807) is 7.11 Å². The molecule has 1 N–H and O–H groups in total. The summed E-state index contributed by atoms with van der Waals surface area (Å²) in [6.07, 6.45) is 5.71. The Hall–Kier alpha value is -2.28. The second-order valence-electron chi connectivity index (χ2n) is 11.9. The van der Waals surface area contributed by atoms with E-state index >= 15 is 0 Å². The molecule has 0 spiro atoms. The van der Waals surface area contributed by atoms with Crippen molar-refractivity contribution < 1.29 is 24.1 Å². The maximum Gasteiger partial charge on any atom is 0.228 e. The van der Waals surface area contributed by atoms with Gasteiger partial charge in [0.2, 0.25) is 5.91 Å². The lowest BCUT2D eigenvalue weighted by Gasteiger charge is -2.48. The third-order valence-corrected chi connectivity index (χ3v) is 9.39. The second kappa shape index (κ2) is 11.7. The largest absolute Gasteiger partial charge is 0.493 e. The van der Waals surface area contributed by atoms with Gasteiger partial charge in [-0.1, -0.05) is 23.7 Å². The van der Waals surface area contributed by atoms with Crippen molar-refractivity contribution in [3.8, 4) is 11.5 Å². The molecule has 3 aliphatic rings. The average molecular weight is 556 g/mol. The van der Waals surface area contributed by atoms with Gasteiger partial charge in [0.05, 0.1) is 31.3 Å². The minimum absolute atomic E-state index is 0.00828. The zero-order chi connectivity index (χ0) is 27.7. The third kappa shape index (κ3) is 5.79. The van der Waals surface area contributed by atoms with E-state index in [1.807, 2.05) is 51.1 Å². The van der Waals surface area contributed by atoms with E-state index in [4.69, 9.17) is 25.8 Å². The molecule has 212 valence electrons. The standard InChI is InChI=1S/C32H42ClNO5/c1-20(2)39-29-19-27-22(17-28(29)37-4)18-30(35)34(31(27)21-5-9-25(33)10-6-21)26-11-7-23(8-12-26)32(3,36)24-13-15-38-16-14-24/h5-6,9-10,17,19-20,23-24,26,31,36H,7-8,11-16,18H2,1-4H3/t23?,26?,31-,32?/m0/s1. The quantitative estimate of drug-likeness (QED) is 0.431. The Kier molecular flexibility index (Phi) is 8.46. The number of methoxy groups -OCH3 is 1. The fraction of sp³-hybridized carbons (Fsp3) is 0.594. The lowest BCUT2D eigenvalue weighted by atomic mass is 9.68. The molecule has 0 radical (unpaired) electrons. The number of carbonyl (C=O) groups excluding carboxylic acids is 1. The van der Waals surface area contributed by atoms with Crippen molar-refractivity contribution in [2.24, 2.45) is 11.8 Å². The van der Waals surface area contributed by atoms with E-state index in [1.165, 1.54) is 0 Å². The van der Waals surface area contributed by atoms with Crippen molar-refractivity contribution in [3.63, 3.8) is 0 Å². The van der Waals surface area contributed by atoms with Crippen LogP contribution in [0.5, 0.6) is 11.5 Å². The smallest absolute Gasteiger partial charge is 0.228 e. The van der Waals surface area contributed by atoms with Gasteiger partial charge < -0.3 is 24.2 Å². The van der Waals surface area contributed by atoms with E-state index in [-0.39, 0.29) is 35.9 Å². The van der Waals surface area contributed by atoms with Crippen LogP contribution in [0.25, 0.3) is 0 Å². The van der Waals surface area contributed by atoms with Crippen LogP contribution in [0.4, 0.5) is 0 Å².